The maximum atomic E-state index is 10.6. The SMILES string of the molecule is CC(O)(Cc1cccc(Cl)c1)C1CCCNC1. The van der Waals surface area contributed by atoms with E-state index in [2.05, 4.69) is 5.32 Å². The van der Waals surface area contributed by atoms with Gasteiger partial charge in [0.25, 0.3) is 0 Å². The van der Waals surface area contributed by atoms with Crippen molar-refractivity contribution in [3.05, 3.63) is 34.9 Å². The molecule has 2 atom stereocenters. The molecule has 1 heterocycles. The van der Waals surface area contributed by atoms with Gasteiger partial charge in [-0.3, -0.25) is 0 Å². The van der Waals surface area contributed by atoms with Crippen LogP contribution in [0, 0.1) is 5.92 Å². The first-order valence-electron chi connectivity index (χ1n) is 6.25. The Labute approximate surface area is 108 Å². The van der Waals surface area contributed by atoms with Crippen molar-refractivity contribution in [3.63, 3.8) is 0 Å². The minimum atomic E-state index is -0.655. The molecular weight excluding hydrogens is 234 g/mol. The smallest absolute Gasteiger partial charge is 0.0700 e. The summed E-state index contributed by atoms with van der Waals surface area (Å²) in [4.78, 5) is 0. The molecule has 3 heteroatoms. The topological polar surface area (TPSA) is 32.3 Å². The molecule has 1 fully saturated rings. The number of benzene rings is 1. The van der Waals surface area contributed by atoms with Gasteiger partial charge in [-0.1, -0.05) is 23.7 Å². The van der Waals surface area contributed by atoms with E-state index in [0.717, 1.165) is 36.5 Å². The number of piperidine rings is 1. The van der Waals surface area contributed by atoms with Gasteiger partial charge in [-0.25, -0.2) is 0 Å². The second kappa shape index (κ2) is 5.38. The van der Waals surface area contributed by atoms with Crippen molar-refractivity contribution in [2.45, 2.75) is 31.8 Å². The zero-order valence-corrected chi connectivity index (χ0v) is 11.0. The fourth-order valence-electron chi connectivity index (χ4n) is 2.59. The van der Waals surface area contributed by atoms with E-state index in [1.807, 2.05) is 31.2 Å². The van der Waals surface area contributed by atoms with Gasteiger partial charge in [0.2, 0.25) is 0 Å². The zero-order chi connectivity index (χ0) is 12.3. The van der Waals surface area contributed by atoms with Crippen LogP contribution in [0.5, 0.6) is 0 Å². The van der Waals surface area contributed by atoms with Crippen LogP contribution in [0.25, 0.3) is 0 Å². The van der Waals surface area contributed by atoms with Crippen LogP contribution >= 0.6 is 11.6 Å². The number of aliphatic hydroxyl groups is 1. The molecular formula is C14H20ClNO. The van der Waals surface area contributed by atoms with Gasteiger partial charge in [0.05, 0.1) is 5.60 Å². The summed E-state index contributed by atoms with van der Waals surface area (Å²) < 4.78 is 0. The van der Waals surface area contributed by atoms with E-state index in [4.69, 9.17) is 11.6 Å². The van der Waals surface area contributed by atoms with Crippen molar-refractivity contribution < 1.29 is 5.11 Å². The average molecular weight is 254 g/mol. The summed E-state index contributed by atoms with van der Waals surface area (Å²) in [5.41, 5.74) is 0.450. The third-order valence-electron chi connectivity index (χ3n) is 3.63. The van der Waals surface area contributed by atoms with Crippen LogP contribution in [-0.2, 0) is 6.42 Å². The standard InChI is InChI=1S/C14H20ClNO/c1-14(17,12-5-3-7-16-10-12)9-11-4-2-6-13(15)8-11/h2,4,6,8,12,16-17H,3,5,7,9-10H2,1H3. The third-order valence-corrected chi connectivity index (χ3v) is 3.86. The quantitative estimate of drug-likeness (QED) is 0.868. The molecule has 1 aliphatic heterocycles. The molecule has 0 bridgehead atoms. The second-order valence-corrected chi connectivity index (χ2v) is 5.64. The minimum absolute atomic E-state index is 0.329. The van der Waals surface area contributed by atoms with Crippen molar-refractivity contribution >= 4 is 11.6 Å². The first kappa shape index (κ1) is 12.9. The first-order valence-corrected chi connectivity index (χ1v) is 6.63. The van der Waals surface area contributed by atoms with Gasteiger partial charge < -0.3 is 10.4 Å². The molecule has 0 saturated carbocycles. The summed E-state index contributed by atoms with van der Waals surface area (Å²) >= 11 is 5.97. The third kappa shape index (κ3) is 3.44. The molecule has 1 aromatic rings. The number of hydrogen-bond acceptors (Lipinski definition) is 2. The molecule has 1 saturated heterocycles. The van der Waals surface area contributed by atoms with Gasteiger partial charge >= 0.3 is 0 Å². The summed E-state index contributed by atoms with van der Waals surface area (Å²) in [5, 5.41) is 14.7. The van der Waals surface area contributed by atoms with Crippen LogP contribution in [0.1, 0.15) is 25.3 Å². The highest BCUT2D eigenvalue weighted by molar-refractivity contribution is 6.30. The van der Waals surface area contributed by atoms with Crippen LogP contribution in [0.3, 0.4) is 0 Å². The number of halogens is 1. The molecule has 0 aromatic heterocycles. The van der Waals surface area contributed by atoms with Crippen LogP contribution in [0.4, 0.5) is 0 Å². The Balaban J connectivity index is 2.05. The Bertz CT molecular complexity index is 372. The van der Waals surface area contributed by atoms with Crippen molar-refractivity contribution in [3.8, 4) is 0 Å². The molecule has 0 aliphatic carbocycles. The Morgan fingerprint density at radius 1 is 1.53 bits per heavy atom. The molecule has 1 aliphatic rings. The largest absolute Gasteiger partial charge is 0.389 e. The summed E-state index contributed by atoms with van der Waals surface area (Å²) in [7, 11) is 0. The van der Waals surface area contributed by atoms with Crippen LogP contribution < -0.4 is 5.32 Å². The zero-order valence-electron chi connectivity index (χ0n) is 10.2. The molecule has 0 amide bonds. The molecule has 94 valence electrons. The van der Waals surface area contributed by atoms with Gasteiger partial charge in [0.15, 0.2) is 0 Å². The Hall–Kier alpha value is -0.570. The molecule has 2 nitrogen and oxygen atoms in total. The molecule has 17 heavy (non-hydrogen) atoms. The molecule has 2 unspecified atom stereocenters. The summed E-state index contributed by atoms with van der Waals surface area (Å²) in [5.74, 6) is 0.329. The normalized spacial score (nSPS) is 24.3. The monoisotopic (exact) mass is 253 g/mol. The lowest BCUT2D eigenvalue weighted by Crippen LogP contribution is -2.45. The van der Waals surface area contributed by atoms with E-state index in [1.54, 1.807) is 0 Å². The molecule has 2 N–H and O–H groups in total. The van der Waals surface area contributed by atoms with Crippen LogP contribution in [0.15, 0.2) is 24.3 Å². The summed E-state index contributed by atoms with van der Waals surface area (Å²) in [6, 6.07) is 7.76. The maximum absolute atomic E-state index is 10.6. The summed E-state index contributed by atoms with van der Waals surface area (Å²) in [6.45, 7) is 3.92. The lowest BCUT2D eigenvalue weighted by Gasteiger charge is -2.36. The number of nitrogens with one attached hydrogen (secondary N) is 1. The fourth-order valence-corrected chi connectivity index (χ4v) is 2.80. The van der Waals surface area contributed by atoms with E-state index < -0.39 is 5.60 Å². The predicted molar refractivity (Wildman–Crippen MR) is 71.4 cm³/mol. The molecule has 2 rings (SSSR count). The van der Waals surface area contributed by atoms with Crippen LogP contribution in [-0.4, -0.2) is 23.8 Å². The van der Waals surface area contributed by atoms with Crippen molar-refractivity contribution in [2.75, 3.05) is 13.1 Å². The van der Waals surface area contributed by atoms with E-state index in [1.165, 1.54) is 0 Å². The number of hydrogen-bond donors (Lipinski definition) is 2. The lowest BCUT2D eigenvalue weighted by atomic mass is 9.79. The van der Waals surface area contributed by atoms with E-state index in [0.29, 0.717) is 12.3 Å². The first-order chi connectivity index (χ1) is 8.08. The van der Waals surface area contributed by atoms with Crippen molar-refractivity contribution in [1.82, 2.24) is 5.32 Å². The number of rotatable bonds is 3. The van der Waals surface area contributed by atoms with Gasteiger partial charge in [-0.05, 0) is 44.0 Å². The molecule has 0 radical (unpaired) electrons. The lowest BCUT2D eigenvalue weighted by molar-refractivity contribution is -0.0102. The van der Waals surface area contributed by atoms with E-state index >= 15 is 0 Å². The van der Waals surface area contributed by atoms with Gasteiger partial charge in [-0.2, -0.15) is 0 Å². The Morgan fingerprint density at radius 3 is 3.00 bits per heavy atom. The molecule has 0 spiro atoms. The fraction of sp³-hybridized carbons (Fsp3) is 0.571. The highest BCUT2D eigenvalue weighted by Crippen LogP contribution is 2.28. The maximum Gasteiger partial charge on any atom is 0.0700 e. The Morgan fingerprint density at radius 2 is 2.35 bits per heavy atom. The highest BCUT2D eigenvalue weighted by Gasteiger charge is 2.32. The van der Waals surface area contributed by atoms with Crippen molar-refractivity contribution in [1.29, 1.82) is 0 Å². The van der Waals surface area contributed by atoms with Gasteiger partial charge in [-0.15, -0.1) is 0 Å². The van der Waals surface area contributed by atoms with E-state index in [-0.39, 0.29) is 0 Å². The van der Waals surface area contributed by atoms with Gasteiger partial charge in [0.1, 0.15) is 0 Å². The minimum Gasteiger partial charge on any atom is -0.389 e. The van der Waals surface area contributed by atoms with E-state index in [9.17, 15) is 5.11 Å². The Kier molecular flexibility index (Phi) is 4.08. The average Bonchev–Trinajstić information content (AvgIpc) is 2.29. The predicted octanol–water partition coefficient (Wildman–Crippen LogP) is 2.63. The van der Waals surface area contributed by atoms with Crippen molar-refractivity contribution in [2.24, 2.45) is 5.92 Å². The van der Waals surface area contributed by atoms with Crippen LogP contribution in [0.2, 0.25) is 5.02 Å². The second-order valence-electron chi connectivity index (χ2n) is 5.21. The summed E-state index contributed by atoms with van der Waals surface area (Å²) in [6.07, 6.45) is 2.91. The highest BCUT2D eigenvalue weighted by atomic mass is 35.5. The van der Waals surface area contributed by atoms with Gasteiger partial charge in [0, 0.05) is 23.9 Å². The molecule has 1 aromatic carbocycles.